The molecule has 0 aliphatic carbocycles. The number of anilines is 1. The fourth-order valence-electron chi connectivity index (χ4n) is 3.71. The smallest absolute Gasteiger partial charge is 0.338 e. The van der Waals surface area contributed by atoms with Crippen molar-refractivity contribution in [2.75, 3.05) is 19.0 Å². The number of nitrogens with zero attached hydrogens (tertiary/aromatic N) is 3. The van der Waals surface area contributed by atoms with Crippen LogP contribution >= 0.6 is 39.1 Å². The molecule has 0 amide bonds. The van der Waals surface area contributed by atoms with Crippen molar-refractivity contribution in [1.82, 2.24) is 14.8 Å². The van der Waals surface area contributed by atoms with Gasteiger partial charge in [0, 0.05) is 5.70 Å². The van der Waals surface area contributed by atoms with Crippen molar-refractivity contribution in [3.63, 3.8) is 0 Å². The molecule has 3 aromatic rings. The van der Waals surface area contributed by atoms with Gasteiger partial charge in [-0.15, -0.1) is 0 Å². The van der Waals surface area contributed by atoms with E-state index in [2.05, 4.69) is 31.3 Å². The molecular weight excluding hydrogens is 547 g/mol. The van der Waals surface area contributed by atoms with Crippen LogP contribution in [0, 0.1) is 0 Å². The van der Waals surface area contributed by atoms with Gasteiger partial charge in [0.15, 0.2) is 11.5 Å². The van der Waals surface area contributed by atoms with Crippen LogP contribution in [0.2, 0.25) is 10.0 Å². The maximum atomic E-state index is 12.7. The molecule has 0 radical (unpaired) electrons. The standard InChI is InChI=1S/C23H21BrCl2N4O4/c1-4-33-18-9-14(8-15(24)21(18)34-10-13-5-6-16(25)17(26)7-13)20-19(22(31)32-3)12(2)29-23-27-11-28-30(20)23/h5-9,11,20H,4,10H2,1-3H3,(H,27,28,29). The molecule has 0 saturated carbocycles. The number of hydrogen-bond acceptors (Lipinski definition) is 7. The molecule has 11 heteroatoms. The van der Waals surface area contributed by atoms with Crippen LogP contribution in [0.15, 0.2) is 52.4 Å². The molecule has 1 N–H and O–H groups in total. The van der Waals surface area contributed by atoms with Crippen molar-refractivity contribution in [1.29, 1.82) is 0 Å². The van der Waals surface area contributed by atoms with Crippen LogP contribution in [-0.2, 0) is 16.1 Å². The van der Waals surface area contributed by atoms with E-state index < -0.39 is 12.0 Å². The van der Waals surface area contributed by atoms with E-state index in [0.717, 1.165) is 11.1 Å². The fraction of sp³-hybridized carbons (Fsp3) is 0.261. The summed E-state index contributed by atoms with van der Waals surface area (Å²) >= 11 is 15.7. The van der Waals surface area contributed by atoms with E-state index in [1.165, 1.54) is 13.4 Å². The first-order valence-corrected chi connectivity index (χ1v) is 11.9. The SMILES string of the molecule is CCOc1cc(C2C(C(=O)OC)=C(C)Nc3ncnn32)cc(Br)c1OCc1ccc(Cl)c(Cl)c1. The molecule has 2 aromatic carbocycles. The van der Waals surface area contributed by atoms with E-state index in [1.54, 1.807) is 23.7 Å². The van der Waals surface area contributed by atoms with Crippen molar-refractivity contribution < 1.29 is 19.0 Å². The predicted molar refractivity (Wildman–Crippen MR) is 133 cm³/mol. The fourth-order valence-corrected chi connectivity index (χ4v) is 4.60. The van der Waals surface area contributed by atoms with Gasteiger partial charge in [0.1, 0.15) is 19.0 Å². The zero-order valence-electron chi connectivity index (χ0n) is 18.6. The molecule has 1 aliphatic heterocycles. The maximum Gasteiger partial charge on any atom is 0.338 e. The van der Waals surface area contributed by atoms with E-state index in [-0.39, 0.29) is 6.61 Å². The molecule has 0 saturated heterocycles. The van der Waals surface area contributed by atoms with E-state index in [9.17, 15) is 4.79 Å². The largest absolute Gasteiger partial charge is 0.490 e. The van der Waals surface area contributed by atoms with Crippen LogP contribution in [-0.4, -0.2) is 34.5 Å². The highest BCUT2D eigenvalue weighted by Crippen LogP contribution is 2.43. The molecule has 0 bridgehead atoms. The first-order chi connectivity index (χ1) is 16.3. The average Bonchev–Trinajstić information content (AvgIpc) is 3.27. The Labute approximate surface area is 214 Å². The quantitative estimate of drug-likeness (QED) is 0.362. The summed E-state index contributed by atoms with van der Waals surface area (Å²) in [6, 6.07) is 8.43. The van der Waals surface area contributed by atoms with Crippen molar-refractivity contribution >= 4 is 51.0 Å². The number of ether oxygens (including phenoxy) is 3. The first kappa shape index (κ1) is 24.4. The predicted octanol–water partition coefficient (Wildman–Crippen LogP) is 5.79. The number of carbonyl (C=O) groups excluding carboxylic acids is 1. The van der Waals surface area contributed by atoms with Crippen LogP contribution in [0.5, 0.6) is 11.5 Å². The second-order valence-electron chi connectivity index (χ2n) is 7.39. The van der Waals surface area contributed by atoms with Crippen LogP contribution in [0.1, 0.15) is 31.0 Å². The van der Waals surface area contributed by atoms with Gasteiger partial charge in [0.05, 0.1) is 33.8 Å². The summed E-state index contributed by atoms with van der Waals surface area (Å²) in [6.45, 7) is 4.35. The Bertz CT molecular complexity index is 1280. The lowest BCUT2D eigenvalue weighted by atomic mass is 9.95. The second kappa shape index (κ2) is 10.2. The zero-order valence-corrected chi connectivity index (χ0v) is 21.7. The number of hydrogen-bond donors (Lipinski definition) is 1. The number of benzene rings is 2. The minimum Gasteiger partial charge on any atom is -0.490 e. The lowest BCUT2D eigenvalue weighted by Crippen LogP contribution is -2.29. The third-order valence-corrected chi connectivity index (χ3v) is 6.54. The molecule has 4 rings (SSSR count). The summed E-state index contributed by atoms with van der Waals surface area (Å²) in [4.78, 5) is 16.9. The Morgan fingerprint density at radius 2 is 2.00 bits per heavy atom. The highest BCUT2D eigenvalue weighted by Gasteiger charge is 2.35. The topological polar surface area (TPSA) is 87.5 Å². The molecule has 8 nitrogen and oxygen atoms in total. The number of nitrogens with one attached hydrogen (secondary N) is 1. The Morgan fingerprint density at radius 1 is 1.21 bits per heavy atom. The molecule has 34 heavy (non-hydrogen) atoms. The van der Waals surface area contributed by atoms with E-state index in [4.69, 9.17) is 37.4 Å². The molecule has 1 unspecified atom stereocenters. The monoisotopic (exact) mass is 566 g/mol. The number of rotatable bonds is 7. The van der Waals surface area contributed by atoms with Gasteiger partial charge in [-0.25, -0.2) is 9.48 Å². The van der Waals surface area contributed by atoms with E-state index in [0.29, 0.717) is 49.8 Å². The number of methoxy groups -OCH3 is 1. The number of fused-ring (bicyclic) bond motifs is 1. The number of carbonyl (C=O) groups is 1. The summed E-state index contributed by atoms with van der Waals surface area (Å²) < 4.78 is 19.3. The van der Waals surface area contributed by atoms with Crippen molar-refractivity contribution in [2.24, 2.45) is 0 Å². The first-order valence-electron chi connectivity index (χ1n) is 10.3. The summed E-state index contributed by atoms with van der Waals surface area (Å²) in [5.41, 5.74) is 2.64. The molecule has 0 spiro atoms. The number of esters is 1. The van der Waals surface area contributed by atoms with Crippen LogP contribution in [0.25, 0.3) is 0 Å². The zero-order chi connectivity index (χ0) is 24.4. The molecule has 2 heterocycles. The van der Waals surface area contributed by atoms with Gasteiger partial charge in [-0.1, -0.05) is 29.3 Å². The third-order valence-electron chi connectivity index (χ3n) is 5.21. The van der Waals surface area contributed by atoms with Gasteiger partial charge in [-0.05, 0) is 65.2 Å². The summed E-state index contributed by atoms with van der Waals surface area (Å²) in [5, 5.41) is 8.35. The van der Waals surface area contributed by atoms with Crippen molar-refractivity contribution in [3.05, 3.63) is 73.6 Å². The summed E-state index contributed by atoms with van der Waals surface area (Å²) in [5.74, 6) is 1.08. The lowest BCUT2D eigenvalue weighted by molar-refractivity contribution is -0.136. The Balaban J connectivity index is 1.74. The number of allylic oxidation sites excluding steroid dienone is 1. The second-order valence-corrected chi connectivity index (χ2v) is 9.05. The molecule has 1 atom stereocenters. The van der Waals surface area contributed by atoms with Crippen LogP contribution < -0.4 is 14.8 Å². The van der Waals surface area contributed by atoms with Crippen LogP contribution in [0.3, 0.4) is 0 Å². The number of aromatic nitrogens is 3. The Hall–Kier alpha value is -2.75. The lowest BCUT2D eigenvalue weighted by Gasteiger charge is -2.28. The van der Waals surface area contributed by atoms with E-state index in [1.807, 2.05) is 25.1 Å². The molecule has 1 aliphatic rings. The Kier molecular flexibility index (Phi) is 7.35. The normalized spacial score (nSPS) is 14.9. The summed E-state index contributed by atoms with van der Waals surface area (Å²) in [7, 11) is 1.35. The van der Waals surface area contributed by atoms with Gasteiger partial charge < -0.3 is 19.5 Å². The molecule has 0 fully saturated rings. The number of halogens is 3. The summed E-state index contributed by atoms with van der Waals surface area (Å²) in [6.07, 6.45) is 1.43. The van der Waals surface area contributed by atoms with Gasteiger partial charge in [-0.3, -0.25) is 0 Å². The van der Waals surface area contributed by atoms with Crippen molar-refractivity contribution in [3.8, 4) is 11.5 Å². The molecule has 1 aromatic heterocycles. The third kappa shape index (κ3) is 4.73. The Morgan fingerprint density at radius 3 is 2.71 bits per heavy atom. The maximum absolute atomic E-state index is 12.7. The van der Waals surface area contributed by atoms with Gasteiger partial charge >= 0.3 is 5.97 Å². The van der Waals surface area contributed by atoms with Crippen LogP contribution in [0.4, 0.5) is 5.95 Å². The van der Waals surface area contributed by atoms with E-state index >= 15 is 0 Å². The molecule has 178 valence electrons. The van der Waals surface area contributed by atoms with Gasteiger partial charge in [-0.2, -0.15) is 10.1 Å². The highest BCUT2D eigenvalue weighted by atomic mass is 79.9. The average molecular weight is 568 g/mol. The van der Waals surface area contributed by atoms with Gasteiger partial charge in [0.2, 0.25) is 5.95 Å². The highest BCUT2D eigenvalue weighted by molar-refractivity contribution is 9.10. The molecular formula is C23H21BrCl2N4O4. The van der Waals surface area contributed by atoms with Crippen molar-refractivity contribution in [2.45, 2.75) is 26.5 Å². The van der Waals surface area contributed by atoms with Gasteiger partial charge in [0.25, 0.3) is 0 Å². The minimum absolute atomic E-state index is 0.252. The minimum atomic E-state index is -0.578.